The van der Waals surface area contributed by atoms with Gasteiger partial charge in [-0.15, -0.1) is 0 Å². The van der Waals surface area contributed by atoms with E-state index in [9.17, 15) is 10.1 Å². The number of hydrogen-bond donors (Lipinski definition) is 1. The number of nitro groups is 1. The molecule has 0 heterocycles. The Labute approximate surface area is 98.3 Å². The van der Waals surface area contributed by atoms with E-state index in [2.05, 4.69) is 0 Å². The molecule has 1 aromatic rings. The number of nitrogens with zero attached hydrogens (tertiary/aromatic N) is 1. The van der Waals surface area contributed by atoms with Gasteiger partial charge in [0, 0.05) is 6.07 Å². The molecule has 0 saturated carbocycles. The van der Waals surface area contributed by atoms with Crippen molar-refractivity contribution in [2.45, 2.75) is 0 Å². The maximum absolute atomic E-state index is 10.2. The molecule has 0 radical (unpaired) electrons. The van der Waals surface area contributed by atoms with E-state index < -0.39 is 4.92 Å². The molecule has 66 valence electrons. The van der Waals surface area contributed by atoms with Crippen molar-refractivity contribution in [3.63, 3.8) is 0 Å². The van der Waals surface area contributed by atoms with Crippen LogP contribution in [0.1, 0.15) is 1.43 Å². The summed E-state index contributed by atoms with van der Waals surface area (Å²) in [6.07, 6.45) is 0. The van der Waals surface area contributed by atoms with Crippen molar-refractivity contribution in [1.82, 2.24) is 0 Å². The number of hydrogen-bond acceptors (Lipinski definition) is 4. The van der Waals surface area contributed by atoms with Crippen LogP contribution in [0.4, 0.5) is 5.69 Å². The smallest absolute Gasteiger partial charge is 1.00 e. The first-order valence-electron chi connectivity index (χ1n) is 3.16. The van der Waals surface area contributed by atoms with Crippen molar-refractivity contribution in [1.29, 1.82) is 0 Å². The quantitative estimate of drug-likeness (QED) is 0.349. The number of methoxy groups -OCH3 is 1. The molecule has 0 saturated heterocycles. The summed E-state index contributed by atoms with van der Waals surface area (Å²) in [6.45, 7) is 0. The monoisotopic (exact) mass is 193 g/mol. The van der Waals surface area contributed by atoms with Crippen LogP contribution in [0.2, 0.25) is 0 Å². The average molecular weight is 193 g/mol. The van der Waals surface area contributed by atoms with Gasteiger partial charge in [0.1, 0.15) is 0 Å². The molecule has 13 heavy (non-hydrogen) atoms. The molecule has 6 heteroatoms. The summed E-state index contributed by atoms with van der Waals surface area (Å²) >= 11 is 0. The predicted molar refractivity (Wildman–Crippen MR) is 42.4 cm³/mol. The molecule has 0 aromatic heterocycles. The van der Waals surface area contributed by atoms with Gasteiger partial charge in [-0.25, -0.2) is 0 Å². The zero-order valence-electron chi connectivity index (χ0n) is 8.35. The number of phenols is 1. The van der Waals surface area contributed by atoms with E-state index in [0.29, 0.717) is 0 Å². The van der Waals surface area contributed by atoms with Gasteiger partial charge in [0.15, 0.2) is 11.5 Å². The van der Waals surface area contributed by atoms with Crippen molar-refractivity contribution in [3.8, 4) is 11.5 Å². The molecule has 5 nitrogen and oxygen atoms in total. The third-order valence-electron chi connectivity index (χ3n) is 1.37. The van der Waals surface area contributed by atoms with Crippen LogP contribution in [-0.4, -0.2) is 17.1 Å². The molecule has 0 aliphatic carbocycles. The Morgan fingerprint density at radius 1 is 1.62 bits per heavy atom. The molecule has 1 rings (SSSR count). The molecule has 0 spiro atoms. The minimum absolute atomic E-state index is 0. The van der Waals surface area contributed by atoms with E-state index >= 15 is 0 Å². The van der Waals surface area contributed by atoms with Gasteiger partial charge in [-0.05, 0) is 6.07 Å². The Morgan fingerprint density at radius 2 is 2.23 bits per heavy atom. The Kier molecular flexibility index (Phi) is 4.76. The number of benzene rings is 1. The number of phenolic OH excluding ortho intramolecular Hbond substituents is 1. The Bertz CT molecular complexity index is 321. The largest absolute Gasteiger partial charge is 1.00 e. The molecule has 0 atom stereocenters. The molecule has 0 bridgehead atoms. The maximum Gasteiger partial charge on any atom is 1.00 e. The van der Waals surface area contributed by atoms with Gasteiger partial charge >= 0.3 is 29.6 Å². The molecule has 0 unspecified atom stereocenters. The standard InChI is InChI=1S/C7H7NO4.Na.H/c1-12-7-3-2-5(8(10)11)4-6(7)9;;/h2-4,9H,1H3;;/q;+1;-1. The fraction of sp³-hybridized carbons (Fsp3) is 0.143. The number of nitro benzene ring substituents is 1. The minimum atomic E-state index is -0.584. The Morgan fingerprint density at radius 3 is 2.62 bits per heavy atom. The number of rotatable bonds is 2. The zero-order valence-corrected chi connectivity index (χ0v) is 9.35. The van der Waals surface area contributed by atoms with Gasteiger partial charge in [0.25, 0.3) is 5.69 Å². The van der Waals surface area contributed by atoms with Crippen molar-refractivity contribution in [2.75, 3.05) is 7.11 Å². The van der Waals surface area contributed by atoms with E-state index in [0.717, 1.165) is 6.07 Å². The number of non-ortho nitro benzene ring substituents is 1. The minimum Gasteiger partial charge on any atom is -1.00 e. The van der Waals surface area contributed by atoms with Crippen LogP contribution >= 0.6 is 0 Å². The summed E-state index contributed by atoms with van der Waals surface area (Å²) in [5.74, 6) is -0.00713. The van der Waals surface area contributed by atoms with Crippen LogP contribution in [0.5, 0.6) is 11.5 Å². The molecule has 0 aliphatic heterocycles. The van der Waals surface area contributed by atoms with Crippen molar-refractivity contribution in [2.24, 2.45) is 0 Å². The van der Waals surface area contributed by atoms with E-state index in [1.54, 1.807) is 0 Å². The Balaban J connectivity index is 0. The van der Waals surface area contributed by atoms with Gasteiger partial charge in [0.2, 0.25) is 0 Å². The molecule has 0 aliphatic rings. The third-order valence-corrected chi connectivity index (χ3v) is 1.37. The van der Waals surface area contributed by atoms with Gasteiger partial charge in [-0.3, -0.25) is 10.1 Å². The summed E-state index contributed by atoms with van der Waals surface area (Å²) in [6, 6.07) is 3.64. The van der Waals surface area contributed by atoms with Gasteiger partial charge in [-0.2, -0.15) is 0 Å². The first kappa shape index (κ1) is 12.2. The molecule has 1 aromatic carbocycles. The normalized spacial score (nSPS) is 8.69. The third kappa shape index (κ3) is 2.87. The summed E-state index contributed by atoms with van der Waals surface area (Å²) < 4.78 is 4.71. The second kappa shape index (κ2) is 5.06. The van der Waals surface area contributed by atoms with Gasteiger partial charge in [0.05, 0.1) is 18.1 Å². The average Bonchev–Trinajstić information content (AvgIpc) is 2.04. The second-order valence-electron chi connectivity index (χ2n) is 2.11. The van der Waals surface area contributed by atoms with Gasteiger partial charge < -0.3 is 11.3 Å². The maximum atomic E-state index is 10.2. The van der Waals surface area contributed by atoms with E-state index in [1.807, 2.05) is 0 Å². The Hall–Kier alpha value is -0.780. The molecular formula is C7H8NNaO4. The zero-order chi connectivity index (χ0) is 9.14. The second-order valence-corrected chi connectivity index (χ2v) is 2.11. The van der Waals surface area contributed by atoms with E-state index in [4.69, 9.17) is 9.84 Å². The van der Waals surface area contributed by atoms with E-state index in [1.165, 1.54) is 19.2 Å². The van der Waals surface area contributed by atoms with Crippen LogP contribution in [0.15, 0.2) is 18.2 Å². The molecule has 1 N–H and O–H groups in total. The first-order valence-corrected chi connectivity index (χ1v) is 3.16. The first-order chi connectivity index (χ1) is 5.65. The van der Waals surface area contributed by atoms with Crippen molar-refractivity contribution >= 4 is 5.69 Å². The fourth-order valence-corrected chi connectivity index (χ4v) is 0.792. The fourth-order valence-electron chi connectivity index (χ4n) is 0.792. The summed E-state index contributed by atoms with van der Waals surface area (Å²) in [5, 5.41) is 19.3. The molecule has 0 amide bonds. The van der Waals surface area contributed by atoms with Crippen LogP contribution < -0.4 is 34.3 Å². The van der Waals surface area contributed by atoms with Crippen LogP contribution in [0, 0.1) is 10.1 Å². The van der Waals surface area contributed by atoms with Gasteiger partial charge in [-0.1, -0.05) is 0 Å². The van der Waals surface area contributed by atoms with Crippen LogP contribution in [0.3, 0.4) is 0 Å². The SMILES string of the molecule is COc1ccc([N+](=O)[O-])cc1O.[H-].[Na+]. The summed E-state index contributed by atoms with van der Waals surface area (Å²) in [5.41, 5.74) is -0.159. The molecule has 0 fully saturated rings. The van der Waals surface area contributed by atoms with Crippen LogP contribution in [0.25, 0.3) is 0 Å². The summed E-state index contributed by atoms with van der Waals surface area (Å²) in [4.78, 5) is 9.62. The molecular weight excluding hydrogens is 185 g/mol. The van der Waals surface area contributed by atoms with Crippen molar-refractivity contribution < 1.29 is 45.8 Å². The van der Waals surface area contributed by atoms with E-state index in [-0.39, 0.29) is 48.2 Å². The number of ether oxygens (including phenoxy) is 1. The number of aromatic hydroxyl groups is 1. The topological polar surface area (TPSA) is 72.6 Å². The predicted octanol–water partition coefficient (Wildman–Crippen LogP) is -1.57. The van der Waals surface area contributed by atoms with Crippen LogP contribution in [-0.2, 0) is 0 Å². The summed E-state index contributed by atoms with van der Waals surface area (Å²) in [7, 11) is 1.38. The van der Waals surface area contributed by atoms with Crippen molar-refractivity contribution in [3.05, 3.63) is 28.3 Å².